The largest absolute Gasteiger partial charge is 0.369 e. The Hall–Kier alpha value is -2.29. The van der Waals surface area contributed by atoms with E-state index in [1.165, 1.54) is 29.7 Å². The van der Waals surface area contributed by atoms with Gasteiger partial charge in [0.15, 0.2) is 0 Å². The third-order valence-electron chi connectivity index (χ3n) is 4.18. The van der Waals surface area contributed by atoms with Crippen molar-refractivity contribution in [1.82, 2.24) is 0 Å². The molecule has 0 atom stereocenters. The summed E-state index contributed by atoms with van der Waals surface area (Å²) in [7, 11) is 1.99. The highest BCUT2D eigenvalue weighted by molar-refractivity contribution is 5.97. The molecule has 1 aliphatic rings. The monoisotopic (exact) mass is 279 g/mol. The Morgan fingerprint density at radius 2 is 1.90 bits per heavy atom. The maximum Gasteiger partial charge on any atom is 0.200 e. The van der Waals surface area contributed by atoms with Gasteiger partial charge in [0, 0.05) is 12.7 Å². The highest BCUT2D eigenvalue weighted by atomic mass is 15.2. The number of nitrogens with zero attached hydrogens (tertiary/aromatic N) is 2. The van der Waals surface area contributed by atoms with E-state index in [-0.39, 0.29) is 0 Å². The van der Waals surface area contributed by atoms with Crippen LogP contribution >= 0.6 is 0 Å². The molecule has 3 heteroatoms. The summed E-state index contributed by atoms with van der Waals surface area (Å²) in [6.07, 6.45) is 3.54. The third-order valence-corrected chi connectivity index (χ3v) is 4.18. The van der Waals surface area contributed by atoms with Crippen LogP contribution in [0.5, 0.6) is 0 Å². The molecule has 3 nitrogen and oxygen atoms in total. The summed E-state index contributed by atoms with van der Waals surface area (Å²) >= 11 is 0. The van der Waals surface area contributed by atoms with E-state index in [9.17, 15) is 0 Å². The molecule has 0 amide bonds. The average Bonchev–Trinajstić information content (AvgIpc) is 2.97. The van der Waals surface area contributed by atoms with Gasteiger partial charge in [0.25, 0.3) is 0 Å². The lowest BCUT2D eigenvalue weighted by Crippen LogP contribution is -2.34. The lowest BCUT2D eigenvalue weighted by molar-refractivity contribution is 0.910. The number of anilines is 1. The normalized spacial score (nSPS) is 14.1. The second kappa shape index (κ2) is 5.60. The van der Waals surface area contributed by atoms with Crippen LogP contribution in [0.25, 0.3) is 0 Å². The molecule has 0 saturated heterocycles. The first-order chi connectivity index (χ1) is 10.2. The minimum atomic E-state index is 0.532. The first kappa shape index (κ1) is 13.7. The lowest BCUT2D eigenvalue weighted by Gasteiger charge is -2.21. The summed E-state index contributed by atoms with van der Waals surface area (Å²) < 4.78 is 0. The number of rotatable bonds is 2. The Morgan fingerprint density at radius 1 is 1.10 bits per heavy atom. The van der Waals surface area contributed by atoms with Gasteiger partial charge in [-0.2, -0.15) is 0 Å². The van der Waals surface area contributed by atoms with Gasteiger partial charge >= 0.3 is 0 Å². The van der Waals surface area contributed by atoms with Crippen LogP contribution in [0.3, 0.4) is 0 Å². The summed E-state index contributed by atoms with van der Waals surface area (Å²) in [6.45, 7) is 2.05. The first-order valence-corrected chi connectivity index (χ1v) is 7.41. The Morgan fingerprint density at radius 3 is 2.71 bits per heavy atom. The van der Waals surface area contributed by atoms with Crippen molar-refractivity contribution in [2.75, 3.05) is 11.9 Å². The molecule has 1 aliphatic carbocycles. The summed E-state index contributed by atoms with van der Waals surface area (Å²) in [5.41, 5.74) is 12.3. The van der Waals surface area contributed by atoms with E-state index >= 15 is 0 Å². The minimum Gasteiger partial charge on any atom is -0.369 e. The second-order valence-corrected chi connectivity index (χ2v) is 5.58. The van der Waals surface area contributed by atoms with Gasteiger partial charge in [-0.25, -0.2) is 4.99 Å². The van der Waals surface area contributed by atoms with Gasteiger partial charge in [0.2, 0.25) is 5.96 Å². The van der Waals surface area contributed by atoms with Gasteiger partial charge < -0.3 is 10.6 Å². The number of para-hydroxylation sites is 1. The molecule has 0 radical (unpaired) electrons. The van der Waals surface area contributed by atoms with Gasteiger partial charge in [-0.15, -0.1) is 0 Å². The molecule has 0 aromatic heterocycles. The van der Waals surface area contributed by atoms with Crippen molar-refractivity contribution in [1.29, 1.82) is 0 Å². The highest BCUT2D eigenvalue weighted by Crippen LogP contribution is 2.31. The zero-order valence-corrected chi connectivity index (χ0v) is 12.6. The fourth-order valence-corrected chi connectivity index (χ4v) is 2.92. The summed E-state index contributed by atoms with van der Waals surface area (Å²) in [5.74, 6) is 0.532. The van der Waals surface area contributed by atoms with Gasteiger partial charge in [-0.05, 0) is 55.0 Å². The van der Waals surface area contributed by atoms with Crippen LogP contribution in [0.1, 0.15) is 23.1 Å². The van der Waals surface area contributed by atoms with Crippen molar-refractivity contribution in [2.24, 2.45) is 10.7 Å². The minimum absolute atomic E-state index is 0.532. The van der Waals surface area contributed by atoms with Crippen molar-refractivity contribution in [3.8, 4) is 0 Å². The van der Waals surface area contributed by atoms with E-state index < -0.39 is 0 Å². The molecule has 0 bridgehead atoms. The van der Waals surface area contributed by atoms with E-state index in [2.05, 4.69) is 23.2 Å². The summed E-state index contributed by atoms with van der Waals surface area (Å²) in [5, 5.41) is 0. The molecule has 0 fully saturated rings. The highest BCUT2D eigenvalue weighted by Gasteiger charge is 2.18. The van der Waals surface area contributed by atoms with Crippen molar-refractivity contribution >= 4 is 17.3 Å². The van der Waals surface area contributed by atoms with Crippen molar-refractivity contribution in [2.45, 2.75) is 26.2 Å². The molecule has 108 valence electrons. The van der Waals surface area contributed by atoms with Gasteiger partial charge in [0.1, 0.15) is 0 Å². The Kier molecular flexibility index (Phi) is 3.65. The Bertz CT molecular complexity index is 689. The zero-order chi connectivity index (χ0) is 14.8. The summed E-state index contributed by atoms with van der Waals surface area (Å²) in [4.78, 5) is 6.58. The summed E-state index contributed by atoms with van der Waals surface area (Å²) in [6, 6.07) is 14.5. The third kappa shape index (κ3) is 2.64. The smallest absolute Gasteiger partial charge is 0.200 e. The zero-order valence-electron chi connectivity index (χ0n) is 12.6. The number of aryl methyl sites for hydroxylation is 2. The molecule has 0 saturated carbocycles. The lowest BCUT2D eigenvalue weighted by atomic mass is 10.1. The molecule has 0 aliphatic heterocycles. The maximum atomic E-state index is 6.22. The predicted octanol–water partition coefficient (Wildman–Crippen LogP) is 3.57. The number of aliphatic imine (C=N–C) groups is 1. The molecule has 2 aromatic carbocycles. The van der Waals surface area contributed by atoms with E-state index in [0.717, 1.165) is 17.7 Å². The molecule has 2 N–H and O–H groups in total. The van der Waals surface area contributed by atoms with Crippen molar-refractivity contribution < 1.29 is 0 Å². The number of nitrogens with two attached hydrogens (primary N) is 1. The fourth-order valence-electron chi connectivity index (χ4n) is 2.92. The molecule has 21 heavy (non-hydrogen) atoms. The quantitative estimate of drug-likeness (QED) is 0.674. The van der Waals surface area contributed by atoms with Crippen LogP contribution in [-0.2, 0) is 12.8 Å². The number of hydrogen-bond donors (Lipinski definition) is 1. The molecule has 0 heterocycles. The number of fused-ring (bicyclic) bond motifs is 1. The molecule has 0 unspecified atom stereocenters. The first-order valence-electron chi connectivity index (χ1n) is 7.41. The SMILES string of the molecule is Cc1ccccc1N=C(N)N(C)c1cccc2c1CCC2. The standard InChI is InChI=1S/C18H21N3/c1-13-7-3-4-11-16(13)20-18(19)21(2)17-12-6-9-14-8-5-10-15(14)17/h3-4,6-7,9,11-12H,5,8,10H2,1-2H3,(H2,19,20). The Balaban J connectivity index is 1.94. The van der Waals surface area contributed by atoms with Gasteiger partial charge in [-0.3, -0.25) is 0 Å². The van der Waals surface area contributed by atoms with Crippen LogP contribution in [0.4, 0.5) is 11.4 Å². The van der Waals surface area contributed by atoms with Crippen molar-refractivity contribution in [3.05, 3.63) is 59.2 Å². The predicted molar refractivity (Wildman–Crippen MR) is 89.3 cm³/mol. The van der Waals surface area contributed by atoms with Crippen LogP contribution in [0, 0.1) is 6.92 Å². The van der Waals surface area contributed by atoms with E-state index in [0.29, 0.717) is 5.96 Å². The number of hydrogen-bond acceptors (Lipinski definition) is 1. The fraction of sp³-hybridized carbons (Fsp3) is 0.278. The number of benzene rings is 2. The number of guanidine groups is 1. The van der Waals surface area contributed by atoms with Crippen LogP contribution in [-0.4, -0.2) is 13.0 Å². The molecule has 2 aromatic rings. The molecular weight excluding hydrogens is 258 g/mol. The van der Waals surface area contributed by atoms with Gasteiger partial charge in [-0.1, -0.05) is 30.3 Å². The van der Waals surface area contributed by atoms with Crippen LogP contribution < -0.4 is 10.6 Å². The van der Waals surface area contributed by atoms with Crippen LogP contribution in [0.2, 0.25) is 0 Å². The topological polar surface area (TPSA) is 41.6 Å². The Labute approximate surface area is 126 Å². The van der Waals surface area contributed by atoms with E-state index in [4.69, 9.17) is 5.73 Å². The van der Waals surface area contributed by atoms with E-state index in [1.807, 2.05) is 43.1 Å². The van der Waals surface area contributed by atoms with Crippen molar-refractivity contribution in [3.63, 3.8) is 0 Å². The average molecular weight is 279 g/mol. The second-order valence-electron chi connectivity index (χ2n) is 5.58. The molecule has 3 rings (SSSR count). The van der Waals surface area contributed by atoms with Crippen LogP contribution in [0.15, 0.2) is 47.5 Å². The maximum absolute atomic E-state index is 6.22. The molecule has 0 spiro atoms. The van der Waals surface area contributed by atoms with Gasteiger partial charge in [0.05, 0.1) is 5.69 Å². The molecular formula is C18H21N3. The van der Waals surface area contributed by atoms with E-state index in [1.54, 1.807) is 0 Å².